The number of sulfonamides is 2. The fraction of sp³-hybridized carbons (Fsp3) is 0.519. The summed E-state index contributed by atoms with van der Waals surface area (Å²) in [5.41, 5.74) is -2.67. The van der Waals surface area contributed by atoms with Crippen LogP contribution >= 0.6 is 11.6 Å². The van der Waals surface area contributed by atoms with E-state index in [0.29, 0.717) is 26.9 Å². The molecule has 1 unspecified atom stereocenters. The summed E-state index contributed by atoms with van der Waals surface area (Å²) in [5, 5.41) is -0.444. The Morgan fingerprint density at radius 2 is 1.79 bits per heavy atom. The van der Waals surface area contributed by atoms with Crippen LogP contribution in [0.5, 0.6) is 5.75 Å². The molecule has 1 saturated heterocycles. The molecule has 0 bridgehead atoms. The first-order chi connectivity index (χ1) is 19.8. The van der Waals surface area contributed by atoms with Crippen molar-refractivity contribution in [3.8, 4) is 5.75 Å². The lowest BCUT2D eigenvalue weighted by Crippen LogP contribution is -2.45. The average Bonchev–Trinajstić information content (AvgIpc) is 3.35. The molecule has 0 radical (unpaired) electrons. The minimum atomic E-state index is -4.82. The highest BCUT2D eigenvalue weighted by Gasteiger charge is 2.50. The van der Waals surface area contributed by atoms with Crippen molar-refractivity contribution in [1.29, 1.82) is 0 Å². The molecule has 2 heterocycles. The summed E-state index contributed by atoms with van der Waals surface area (Å²) < 4.78 is 120. The molecule has 0 spiro atoms. The molecule has 0 amide bonds. The van der Waals surface area contributed by atoms with E-state index >= 15 is 0 Å². The zero-order chi connectivity index (χ0) is 32.0. The monoisotopic (exact) mass is 670 g/mol. The van der Waals surface area contributed by atoms with E-state index in [1.165, 1.54) is 22.5 Å². The molecule has 2 atom stereocenters. The van der Waals surface area contributed by atoms with Gasteiger partial charge in [0.25, 0.3) is 10.0 Å². The summed E-state index contributed by atoms with van der Waals surface area (Å²) in [4.78, 5) is 12.0. The van der Waals surface area contributed by atoms with Crippen molar-refractivity contribution in [3.63, 3.8) is 0 Å². The fourth-order valence-electron chi connectivity index (χ4n) is 4.71. The van der Waals surface area contributed by atoms with E-state index in [1.807, 2.05) is 6.92 Å². The van der Waals surface area contributed by atoms with Crippen molar-refractivity contribution < 1.29 is 48.7 Å². The molecule has 43 heavy (non-hydrogen) atoms. The maximum Gasteiger partial charge on any atom is 0.427 e. The lowest BCUT2D eigenvalue weighted by atomic mass is 10.1. The van der Waals surface area contributed by atoms with Crippen LogP contribution in [-0.4, -0.2) is 70.4 Å². The van der Waals surface area contributed by atoms with Crippen LogP contribution in [0.1, 0.15) is 39.2 Å². The van der Waals surface area contributed by atoms with Crippen molar-refractivity contribution >= 4 is 43.3 Å². The van der Waals surface area contributed by atoms with Gasteiger partial charge in [-0.1, -0.05) is 24.6 Å². The van der Waals surface area contributed by atoms with Crippen LogP contribution in [0, 0.1) is 11.7 Å². The average molecular weight is 671 g/mol. The zero-order valence-corrected chi connectivity index (χ0v) is 25.9. The molecule has 0 aromatic heterocycles. The molecule has 1 fully saturated rings. The highest BCUT2D eigenvalue weighted by atomic mass is 35.5. The summed E-state index contributed by atoms with van der Waals surface area (Å²) in [5.74, 6) is -2.08. The number of hydrogen-bond acceptors (Lipinski definition) is 7. The first kappa shape index (κ1) is 33.3. The first-order valence-corrected chi connectivity index (χ1v) is 16.8. The first-order valence-electron chi connectivity index (χ1n) is 13.3. The minimum absolute atomic E-state index is 0.0352. The molecule has 16 heteroatoms. The molecule has 9 nitrogen and oxygen atoms in total. The van der Waals surface area contributed by atoms with Crippen molar-refractivity contribution in [1.82, 2.24) is 4.31 Å². The molecular formula is C27H31ClF4N2O7S2. The second-order valence-corrected chi connectivity index (χ2v) is 15.5. The number of rotatable bonds is 9. The lowest BCUT2D eigenvalue weighted by molar-refractivity contribution is -0.257. The van der Waals surface area contributed by atoms with E-state index in [9.17, 15) is 39.2 Å². The Hall–Kier alpha value is -2.62. The van der Waals surface area contributed by atoms with Gasteiger partial charge in [0, 0.05) is 19.5 Å². The lowest BCUT2D eigenvalue weighted by Gasteiger charge is -2.36. The number of esters is 1. The largest absolute Gasteiger partial charge is 0.486 e. The van der Waals surface area contributed by atoms with Crippen LogP contribution in [0.25, 0.3) is 0 Å². The van der Waals surface area contributed by atoms with E-state index in [1.54, 1.807) is 0 Å². The predicted molar refractivity (Wildman–Crippen MR) is 150 cm³/mol. The molecule has 0 N–H and O–H groups in total. The van der Waals surface area contributed by atoms with Gasteiger partial charge in [0.05, 0.1) is 34.3 Å². The van der Waals surface area contributed by atoms with Gasteiger partial charge in [0.1, 0.15) is 17.7 Å². The summed E-state index contributed by atoms with van der Waals surface area (Å²) in [6.45, 7) is 3.82. The Kier molecular flexibility index (Phi) is 9.33. The summed E-state index contributed by atoms with van der Waals surface area (Å²) >= 11 is 5.84. The molecule has 238 valence electrons. The Balaban J connectivity index is 1.63. The quantitative estimate of drug-likeness (QED) is 0.275. The standard InChI is InChI=1S/C27H31ClF4N2O7S2/c1-17-8-10-33(15-17)42(36,37)11-9-19-16-34(43(38,39)20-5-6-22(29)21(28)14-20)23-12-18(4-7-24(23)40-19)13-25(35)41-26(2,3)27(30,31)32/h4-7,12,14,17,19H,8-11,13,15-16H2,1-3H3/t17?,19-/m0/s1. The predicted octanol–water partition coefficient (Wildman–Crippen LogP) is 4.92. The molecular weight excluding hydrogens is 640 g/mol. The second kappa shape index (κ2) is 12.1. The maximum atomic E-state index is 13.8. The zero-order valence-electron chi connectivity index (χ0n) is 23.5. The number of hydrogen-bond donors (Lipinski definition) is 0. The smallest absolute Gasteiger partial charge is 0.427 e. The van der Waals surface area contributed by atoms with E-state index in [4.69, 9.17) is 16.3 Å². The van der Waals surface area contributed by atoms with Gasteiger partial charge in [-0.3, -0.25) is 9.10 Å². The third-order valence-corrected chi connectivity index (χ3v) is 11.2. The van der Waals surface area contributed by atoms with Crippen molar-refractivity contribution in [3.05, 3.63) is 52.8 Å². The van der Waals surface area contributed by atoms with Crippen LogP contribution in [-0.2, 0) is 36.0 Å². The van der Waals surface area contributed by atoms with Gasteiger partial charge >= 0.3 is 12.1 Å². The van der Waals surface area contributed by atoms with E-state index in [-0.39, 0.29) is 46.5 Å². The van der Waals surface area contributed by atoms with Crippen molar-refractivity contribution in [2.75, 3.05) is 29.7 Å². The third kappa shape index (κ3) is 7.37. The third-order valence-electron chi connectivity index (χ3n) is 7.31. The number of alkyl halides is 3. The molecule has 2 aromatic carbocycles. The minimum Gasteiger partial charge on any atom is -0.486 e. The normalized spacial score (nSPS) is 20.0. The molecule has 2 aromatic rings. The highest BCUT2D eigenvalue weighted by Crippen LogP contribution is 2.40. The summed E-state index contributed by atoms with van der Waals surface area (Å²) in [6, 6.07) is 6.79. The number of ether oxygens (including phenoxy) is 2. The van der Waals surface area contributed by atoms with Crippen LogP contribution in [0.2, 0.25) is 5.02 Å². The van der Waals surface area contributed by atoms with E-state index < -0.39 is 61.2 Å². The van der Waals surface area contributed by atoms with Gasteiger partial charge in [0.2, 0.25) is 15.6 Å². The van der Waals surface area contributed by atoms with Crippen LogP contribution in [0.3, 0.4) is 0 Å². The molecule has 4 rings (SSSR count). The number of nitrogens with zero attached hydrogens (tertiary/aromatic N) is 2. The molecule has 0 aliphatic carbocycles. The molecule has 2 aliphatic heterocycles. The van der Waals surface area contributed by atoms with Gasteiger partial charge < -0.3 is 9.47 Å². The highest BCUT2D eigenvalue weighted by molar-refractivity contribution is 7.92. The number of halogens is 5. The SMILES string of the molecule is CC1CCN(S(=O)(=O)CC[C@H]2CN(S(=O)(=O)c3ccc(F)c(Cl)c3)c3cc(CC(=O)OC(C)(C)C(F)(F)F)ccc3O2)C1. The van der Waals surface area contributed by atoms with Crippen molar-refractivity contribution in [2.45, 2.75) is 62.8 Å². The van der Waals surface area contributed by atoms with E-state index in [0.717, 1.165) is 28.9 Å². The topological polar surface area (TPSA) is 110 Å². The van der Waals surface area contributed by atoms with Crippen LogP contribution in [0.15, 0.2) is 41.3 Å². The number of benzene rings is 2. The Morgan fingerprint density at radius 1 is 1.09 bits per heavy atom. The number of carbonyl (C=O) groups excluding carboxylic acids is 1. The Morgan fingerprint density at radius 3 is 2.40 bits per heavy atom. The number of fused-ring (bicyclic) bond motifs is 1. The van der Waals surface area contributed by atoms with E-state index in [2.05, 4.69) is 4.74 Å². The molecule has 0 saturated carbocycles. The van der Waals surface area contributed by atoms with Gasteiger partial charge in [-0.15, -0.1) is 0 Å². The second-order valence-electron chi connectivity index (χ2n) is 11.2. The number of carbonyl (C=O) groups is 1. The van der Waals surface area contributed by atoms with Crippen molar-refractivity contribution in [2.24, 2.45) is 5.92 Å². The Bertz CT molecular complexity index is 1600. The maximum absolute atomic E-state index is 13.8. The Labute approximate surface area is 252 Å². The summed E-state index contributed by atoms with van der Waals surface area (Å²) in [7, 11) is -8.08. The number of anilines is 1. The fourth-order valence-corrected chi connectivity index (χ4v) is 8.17. The summed E-state index contributed by atoms with van der Waals surface area (Å²) in [6.07, 6.45) is -5.65. The van der Waals surface area contributed by atoms with Gasteiger partial charge in [0.15, 0.2) is 0 Å². The van der Waals surface area contributed by atoms with Gasteiger partial charge in [-0.25, -0.2) is 25.5 Å². The van der Waals surface area contributed by atoms with Crippen LogP contribution in [0.4, 0.5) is 23.2 Å². The van der Waals surface area contributed by atoms with Gasteiger partial charge in [-0.05, 0) is 62.1 Å². The molecule has 2 aliphatic rings. The van der Waals surface area contributed by atoms with Gasteiger partial charge in [-0.2, -0.15) is 13.2 Å². The van der Waals surface area contributed by atoms with Crippen LogP contribution < -0.4 is 9.04 Å².